The number of nitrogens with two attached hydrogens (primary N) is 1. The van der Waals surface area contributed by atoms with Gasteiger partial charge in [0.15, 0.2) is 11.5 Å². The molecule has 11 heteroatoms. The molecule has 5 atom stereocenters. The molecule has 5 unspecified atom stereocenters. The van der Waals surface area contributed by atoms with Crippen LogP contribution < -0.4 is 15.8 Å². The van der Waals surface area contributed by atoms with E-state index in [0.717, 1.165) is 115 Å². The topological polar surface area (TPSA) is 172 Å². The number of aliphatic hydroxyl groups excluding tert-OH is 2. The standard InChI is InChI=1S/C64H75N3O8/c65-61-24-20-46-40-73-54(15-5-2-1-4-11-42-17-22-57(71)47(29-42)30-43-12-10-14-52(69)31-43)36-53(70)21-18-45-35-59(58(72)34-49(45)39-68)74-41-50-33-51(32-48-37-67(38-55(48)50)62(46)66-61)64-27-28-75-63(25-8-3-9-26-63)60(64)23-19-44-13-6-7-16-56(44)64/h6-7,10,12-14,16-17,20,22,24,29,31-35,37-38,53-54,60-61,66,68-72H,1-5,8-9,11,15,18-19,21,23,25-28,30,36,39-41,65H2. The summed E-state index contributed by atoms with van der Waals surface area (Å²) in [5, 5.41) is 59.9. The lowest BCUT2D eigenvalue weighted by atomic mass is 9.51. The van der Waals surface area contributed by atoms with Crippen molar-refractivity contribution < 1.29 is 39.7 Å². The highest BCUT2D eigenvalue weighted by molar-refractivity contribution is 5.88. The predicted octanol–water partition coefficient (Wildman–Crippen LogP) is 11.3. The molecule has 0 amide bonds. The first-order chi connectivity index (χ1) is 36.6. The predicted molar refractivity (Wildman–Crippen MR) is 294 cm³/mol. The van der Waals surface area contributed by atoms with Gasteiger partial charge in [-0.3, -0.25) is 0 Å². The van der Waals surface area contributed by atoms with E-state index in [1.165, 1.54) is 41.5 Å². The van der Waals surface area contributed by atoms with Crippen LogP contribution in [0.25, 0.3) is 16.6 Å². The molecule has 1 spiro atoms. The summed E-state index contributed by atoms with van der Waals surface area (Å²) >= 11 is 0. The molecule has 2 fully saturated rings. The van der Waals surface area contributed by atoms with E-state index in [1.807, 2.05) is 30.3 Å². The summed E-state index contributed by atoms with van der Waals surface area (Å²) in [5.41, 5.74) is 16.7. The number of phenols is 3. The van der Waals surface area contributed by atoms with Gasteiger partial charge in [-0.05, 0) is 163 Å². The molecule has 8 N–H and O–H groups in total. The van der Waals surface area contributed by atoms with Crippen LogP contribution in [-0.2, 0) is 53.8 Å². The van der Waals surface area contributed by atoms with Crippen molar-refractivity contribution in [3.05, 3.63) is 171 Å². The molecule has 1 saturated heterocycles. The maximum atomic E-state index is 11.7. The van der Waals surface area contributed by atoms with Crippen molar-refractivity contribution in [3.63, 3.8) is 0 Å². The Morgan fingerprint density at radius 1 is 0.747 bits per heavy atom. The normalized spacial score (nSPS) is 23.7. The van der Waals surface area contributed by atoms with Gasteiger partial charge in [-0.15, -0.1) is 0 Å². The fourth-order valence-corrected chi connectivity index (χ4v) is 13.8. The number of ether oxygens (including phenoxy) is 3. The maximum absolute atomic E-state index is 11.7. The number of nitrogens with zero attached hydrogens (tertiary/aromatic N) is 1. The molecule has 11 nitrogen and oxygen atoms in total. The van der Waals surface area contributed by atoms with E-state index in [1.54, 1.807) is 24.3 Å². The molecule has 1 aromatic heterocycles. The number of phenolic OH excluding ortho intramolecular Hbond substituents is 3. The Balaban J connectivity index is 0.894. The van der Waals surface area contributed by atoms with E-state index in [4.69, 9.17) is 19.9 Å². The highest BCUT2D eigenvalue weighted by Gasteiger charge is 2.58. The third-order valence-corrected chi connectivity index (χ3v) is 17.5. The van der Waals surface area contributed by atoms with Crippen LogP contribution in [0.4, 0.5) is 0 Å². The largest absolute Gasteiger partial charge is 0.508 e. The van der Waals surface area contributed by atoms with Gasteiger partial charge in [-0.1, -0.05) is 99.2 Å². The van der Waals surface area contributed by atoms with E-state index in [9.17, 15) is 25.5 Å². The van der Waals surface area contributed by atoms with Crippen LogP contribution in [0.2, 0.25) is 0 Å². The summed E-state index contributed by atoms with van der Waals surface area (Å²) < 4.78 is 22.7. The van der Waals surface area contributed by atoms with E-state index < -0.39 is 12.3 Å². The summed E-state index contributed by atoms with van der Waals surface area (Å²) in [6.45, 7) is 0.988. The first-order valence-electron chi connectivity index (χ1n) is 27.9. The van der Waals surface area contributed by atoms with Crippen molar-refractivity contribution in [2.45, 2.75) is 158 Å². The van der Waals surface area contributed by atoms with Gasteiger partial charge in [-0.25, -0.2) is 0 Å². The molecule has 6 aromatic rings. The number of hydrogen-bond acceptors (Lipinski definition) is 10. The Labute approximate surface area is 441 Å². The average Bonchev–Trinajstić information content (AvgIpc) is 3.87. The van der Waals surface area contributed by atoms with E-state index >= 15 is 0 Å². The number of aromatic hydroxyl groups is 3. The lowest BCUT2D eigenvalue weighted by molar-refractivity contribution is -0.166. The summed E-state index contributed by atoms with van der Waals surface area (Å²) in [6, 6.07) is 30.4. The number of aromatic nitrogens is 1. The van der Waals surface area contributed by atoms with Crippen LogP contribution >= 0.6 is 0 Å². The fraction of sp³-hybridized carbons (Fsp3) is 0.438. The molecule has 3 aliphatic heterocycles. The third kappa shape index (κ3) is 10.7. The zero-order valence-corrected chi connectivity index (χ0v) is 43.3. The van der Waals surface area contributed by atoms with Crippen LogP contribution in [0.3, 0.4) is 0 Å². The van der Waals surface area contributed by atoms with Gasteiger partial charge in [0.25, 0.3) is 0 Å². The Bertz CT molecular complexity index is 3060. The van der Waals surface area contributed by atoms with E-state index in [-0.39, 0.29) is 47.6 Å². The molecule has 1 saturated carbocycles. The van der Waals surface area contributed by atoms with Gasteiger partial charge in [0.2, 0.25) is 0 Å². The third-order valence-electron chi connectivity index (χ3n) is 17.5. The summed E-state index contributed by atoms with van der Waals surface area (Å²) in [6.07, 6.45) is 23.5. The van der Waals surface area contributed by atoms with Crippen LogP contribution in [0.5, 0.6) is 23.0 Å². The molecule has 75 heavy (non-hydrogen) atoms. The van der Waals surface area contributed by atoms with Crippen molar-refractivity contribution in [1.29, 1.82) is 0 Å². The van der Waals surface area contributed by atoms with Crippen LogP contribution in [0.1, 0.15) is 140 Å². The average molecular weight is 1010 g/mol. The smallest absolute Gasteiger partial charge is 0.161 e. The van der Waals surface area contributed by atoms with Gasteiger partial charge in [-0.2, -0.15) is 0 Å². The van der Waals surface area contributed by atoms with Crippen molar-refractivity contribution >= 4 is 16.6 Å². The number of aliphatic hydroxyl groups is 2. The number of hydrogen-bond donors (Lipinski definition) is 7. The highest BCUT2D eigenvalue weighted by Crippen LogP contribution is 2.59. The van der Waals surface area contributed by atoms with Gasteiger partial charge >= 0.3 is 0 Å². The molecule has 2 aliphatic carbocycles. The molecular formula is C64H75N3O8. The number of dihydropyridines is 1. The number of unbranched alkanes of at least 4 members (excludes halogenated alkanes) is 3. The Hall–Kier alpha value is -6.08. The second kappa shape index (κ2) is 22.3. The fourth-order valence-electron chi connectivity index (χ4n) is 13.8. The Morgan fingerprint density at radius 3 is 2.47 bits per heavy atom. The van der Waals surface area contributed by atoms with Crippen molar-refractivity contribution in [2.75, 3.05) is 13.2 Å². The van der Waals surface area contributed by atoms with Gasteiger partial charge < -0.3 is 55.4 Å². The lowest BCUT2D eigenvalue weighted by Crippen LogP contribution is -2.59. The zero-order chi connectivity index (χ0) is 51.5. The molecule has 11 rings (SSSR count). The SMILES string of the molecule is NC1C=CC2=C(N1)n1cc3cc(C45CCOC6(CCCCC6)C4CCc4ccccc45)cc(c3c1)COc1cc(c(CO)cc1O)CCC(O)CC(CCCCCCc1ccc(O)c(Cc3cccc(O)c3)c1)OC2. The van der Waals surface area contributed by atoms with Gasteiger partial charge in [0, 0.05) is 53.1 Å². The number of rotatable bonds is 11. The number of fused-ring (bicyclic) bond motifs is 8. The Kier molecular flexibility index (Phi) is 15.1. The van der Waals surface area contributed by atoms with Crippen LogP contribution in [0.15, 0.2) is 121 Å². The highest BCUT2D eigenvalue weighted by atomic mass is 16.5. The minimum Gasteiger partial charge on any atom is -0.508 e. The molecular weight excluding hydrogens is 939 g/mol. The van der Waals surface area contributed by atoms with Crippen molar-refractivity contribution in [2.24, 2.45) is 11.7 Å². The molecule has 0 radical (unpaired) electrons. The number of nitrogens with one attached hydrogen (secondary N) is 1. The molecule has 4 heterocycles. The maximum Gasteiger partial charge on any atom is 0.161 e. The van der Waals surface area contributed by atoms with Gasteiger partial charge in [0.05, 0.1) is 37.2 Å². The van der Waals surface area contributed by atoms with Crippen LogP contribution in [-0.4, -0.2) is 67.3 Å². The van der Waals surface area contributed by atoms with Crippen molar-refractivity contribution in [3.8, 4) is 23.0 Å². The molecule has 394 valence electrons. The van der Waals surface area contributed by atoms with E-state index in [0.29, 0.717) is 56.1 Å². The molecule has 5 aliphatic rings. The number of aryl methyl sites for hydroxylation is 3. The van der Waals surface area contributed by atoms with Gasteiger partial charge in [0.1, 0.15) is 23.9 Å². The van der Waals surface area contributed by atoms with E-state index in [2.05, 4.69) is 70.8 Å². The minimum atomic E-state index is -0.669. The Morgan fingerprint density at radius 2 is 1.60 bits per heavy atom. The second-order valence-electron chi connectivity index (χ2n) is 22.3. The monoisotopic (exact) mass is 1010 g/mol. The molecule has 4 bridgehead atoms. The minimum absolute atomic E-state index is 0.0283. The van der Waals surface area contributed by atoms with Crippen LogP contribution in [0, 0.1) is 5.92 Å². The molecule has 5 aromatic carbocycles. The summed E-state index contributed by atoms with van der Waals surface area (Å²) in [7, 11) is 0. The first kappa shape index (κ1) is 51.0. The lowest BCUT2D eigenvalue weighted by Gasteiger charge is -2.59. The summed E-state index contributed by atoms with van der Waals surface area (Å²) in [4.78, 5) is 0. The zero-order valence-electron chi connectivity index (χ0n) is 43.3. The quantitative estimate of drug-likeness (QED) is 0.0620. The summed E-state index contributed by atoms with van der Waals surface area (Å²) in [5.74, 6) is 1.96. The first-order valence-corrected chi connectivity index (χ1v) is 27.9. The second-order valence-corrected chi connectivity index (χ2v) is 22.3. The number of benzene rings is 5. The van der Waals surface area contributed by atoms with Crippen molar-refractivity contribution in [1.82, 2.24) is 9.88 Å².